The summed E-state index contributed by atoms with van der Waals surface area (Å²) >= 11 is 0. The lowest BCUT2D eigenvalue weighted by molar-refractivity contribution is -0.146. The van der Waals surface area contributed by atoms with Gasteiger partial charge in [-0.1, -0.05) is 0 Å². The number of nitrogens with zero attached hydrogens (tertiary/aromatic N) is 1. The molecule has 24 heavy (non-hydrogen) atoms. The molecule has 0 aromatic rings. The van der Waals surface area contributed by atoms with Crippen molar-refractivity contribution in [3.05, 3.63) is 12.2 Å². The Bertz CT molecular complexity index is 419. The monoisotopic (exact) mass is 345 g/mol. The lowest BCUT2D eigenvalue weighted by Crippen LogP contribution is -2.33. The van der Waals surface area contributed by atoms with Gasteiger partial charge in [0.1, 0.15) is 6.61 Å². The summed E-state index contributed by atoms with van der Waals surface area (Å²) in [4.78, 5) is 34.4. The molecule has 9 nitrogen and oxygen atoms in total. The van der Waals surface area contributed by atoms with Crippen LogP contribution >= 0.6 is 0 Å². The van der Waals surface area contributed by atoms with Crippen LogP contribution in [-0.4, -0.2) is 89.2 Å². The third kappa shape index (κ3) is 8.73. The highest BCUT2D eigenvalue weighted by Crippen LogP contribution is 2.02. The maximum absolute atomic E-state index is 11.3. The van der Waals surface area contributed by atoms with Crippen molar-refractivity contribution < 1.29 is 38.1 Å². The Morgan fingerprint density at radius 3 is 1.79 bits per heavy atom. The van der Waals surface area contributed by atoms with E-state index in [0.717, 1.165) is 4.90 Å². The van der Waals surface area contributed by atoms with Crippen molar-refractivity contribution in [2.75, 3.05) is 66.5 Å². The van der Waals surface area contributed by atoms with Crippen molar-refractivity contribution >= 4 is 17.8 Å². The number of methoxy groups -OCH3 is 1. The smallest absolute Gasteiger partial charge is 0.331 e. The van der Waals surface area contributed by atoms with Crippen LogP contribution in [0.3, 0.4) is 0 Å². The van der Waals surface area contributed by atoms with Gasteiger partial charge < -0.3 is 23.7 Å². The van der Waals surface area contributed by atoms with Gasteiger partial charge in [0.2, 0.25) is 0 Å². The van der Waals surface area contributed by atoms with Crippen molar-refractivity contribution in [1.29, 1.82) is 0 Å². The van der Waals surface area contributed by atoms with Crippen LogP contribution in [0.4, 0.5) is 0 Å². The Morgan fingerprint density at radius 2 is 1.29 bits per heavy atom. The molecular weight excluding hydrogens is 322 g/mol. The number of hydrogen-bond acceptors (Lipinski definition) is 8. The summed E-state index contributed by atoms with van der Waals surface area (Å²) in [6, 6.07) is 0. The maximum atomic E-state index is 11.3. The highest BCUT2D eigenvalue weighted by Gasteiger charge is 2.22. The highest BCUT2D eigenvalue weighted by molar-refractivity contribution is 6.12. The molecule has 0 unspecified atom stereocenters. The summed E-state index contributed by atoms with van der Waals surface area (Å²) < 4.78 is 25.2. The normalized spacial score (nSPS) is 13.8. The van der Waals surface area contributed by atoms with Crippen LogP contribution < -0.4 is 0 Å². The molecule has 2 amide bonds. The highest BCUT2D eigenvalue weighted by atomic mass is 16.6. The Balaban J connectivity index is 1.79. The average molecular weight is 345 g/mol. The van der Waals surface area contributed by atoms with Crippen molar-refractivity contribution in [3.8, 4) is 0 Å². The molecule has 1 rings (SSSR count). The number of carbonyl (C=O) groups excluding carboxylic acids is 3. The van der Waals surface area contributed by atoms with Gasteiger partial charge in [0, 0.05) is 12.2 Å². The molecule has 1 heterocycles. The van der Waals surface area contributed by atoms with Gasteiger partial charge >= 0.3 is 5.97 Å². The Labute approximate surface area is 140 Å². The predicted octanol–water partition coefficient (Wildman–Crippen LogP) is -0.849. The van der Waals surface area contributed by atoms with E-state index in [1.807, 2.05) is 0 Å². The summed E-state index contributed by atoms with van der Waals surface area (Å²) in [5.41, 5.74) is 0. The number of carbonyl (C=O) groups is 3. The van der Waals surface area contributed by atoms with E-state index in [1.165, 1.54) is 19.3 Å². The van der Waals surface area contributed by atoms with Gasteiger partial charge in [-0.25, -0.2) is 4.79 Å². The zero-order chi connectivity index (χ0) is 17.6. The summed E-state index contributed by atoms with van der Waals surface area (Å²) in [5, 5.41) is 0. The van der Waals surface area contributed by atoms with E-state index < -0.39 is 5.97 Å². The van der Waals surface area contributed by atoms with Crippen LogP contribution in [0.5, 0.6) is 0 Å². The summed E-state index contributed by atoms with van der Waals surface area (Å²) in [6.45, 7) is 2.67. The third-order valence-corrected chi connectivity index (χ3v) is 2.92. The SMILES string of the molecule is COC(=O)COCCOCCOCCOCCN1C(=O)C=CC1=O. The molecule has 0 spiro atoms. The summed E-state index contributed by atoms with van der Waals surface area (Å²) in [5.74, 6) is -1.05. The first-order valence-corrected chi connectivity index (χ1v) is 7.56. The van der Waals surface area contributed by atoms with E-state index in [1.54, 1.807) is 0 Å². The number of esters is 1. The molecule has 0 aromatic heterocycles. The van der Waals surface area contributed by atoms with E-state index in [4.69, 9.17) is 18.9 Å². The van der Waals surface area contributed by atoms with Crippen LogP contribution in [0.25, 0.3) is 0 Å². The lowest BCUT2D eigenvalue weighted by Gasteiger charge is -2.13. The molecule has 1 aliphatic heterocycles. The van der Waals surface area contributed by atoms with Gasteiger partial charge in [0.05, 0.1) is 59.9 Å². The standard InChI is InChI=1S/C15H23NO8/c1-20-15(19)12-24-11-10-23-9-8-22-7-6-21-5-4-16-13(17)2-3-14(16)18/h2-3H,4-12H2,1H3. The predicted molar refractivity (Wildman–Crippen MR) is 81.2 cm³/mol. The minimum Gasteiger partial charge on any atom is -0.467 e. The molecule has 0 saturated carbocycles. The number of hydrogen-bond donors (Lipinski definition) is 0. The minimum atomic E-state index is -0.423. The van der Waals surface area contributed by atoms with Gasteiger partial charge in [-0.05, 0) is 0 Å². The second-order valence-electron chi connectivity index (χ2n) is 4.63. The van der Waals surface area contributed by atoms with Gasteiger partial charge in [-0.15, -0.1) is 0 Å². The Hall–Kier alpha value is -1.81. The van der Waals surface area contributed by atoms with Crippen molar-refractivity contribution in [2.45, 2.75) is 0 Å². The molecular formula is C15H23NO8. The van der Waals surface area contributed by atoms with E-state index in [9.17, 15) is 14.4 Å². The summed E-state index contributed by atoms with van der Waals surface area (Å²) in [7, 11) is 1.30. The first-order chi connectivity index (χ1) is 11.6. The van der Waals surface area contributed by atoms with Crippen molar-refractivity contribution in [1.82, 2.24) is 4.90 Å². The van der Waals surface area contributed by atoms with Crippen molar-refractivity contribution in [2.24, 2.45) is 0 Å². The van der Waals surface area contributed by atoms with Crippen LogP contribution in [-0.2, 0) is 38.1 Å². The number of imide groups is 1. The van der Waals surface area contributed by atoms with Crippen molar-refractivity contribution in [3.63, 3.8) is 0 Å². The molecule has 0 bridgehead atoms. The molecule has 136 valence electrons. The Morgan fingerprint density at radius 1 is 0.833 bits per heavy atom. The fourth-order valence-corrected chi connectivity index (χ4v) is 1.68. The quantitative estimate of drug-likeness (QED) is 0.228. The first kappa shape index (κ1) is 20.2. The van der Waals surface area contributed by atoms with E-state index in [2.05, 4.69) is 4.74 Å². The molecule has 1 aliphatic rings. The molecule has 9 heteroatoms. The number of ether oxygens (including phenoxy) is 5. The first-order valence-electron chi connectivity index (χ1n) is 7.56. The summed E-state index contributed by atoms with van der Waals surface area (Å²) in [6.07, 6.45) is 2.48. The number of amides is 2. The van der Waals surface area contributed by atoms with Gasteiger partial charge in [-0.2, -0.15) is 0 Å². The maximum Gasteiger partial charge on any atom is 0.331 e. The average Bonchev–Trinajstić information content (AvgIpc) is 2.90. The molecule has 0 aromatic carbocycles. The largest absolute Gasteiger partial charge is 0.467 e. The van der Waals surface area contributed by atoms with Crippen LogP contribution in [0.15, 0.2) is 12.2 Å². The zero-order valence-corrected chi connectivity index (χ0v) is 13.7. The molecule has 0 N–H and O–H groups in total. The fraction of sp³-hybridized carbons (Fsp3) is 0.667. The molecule has 0 atom stereocenters. The number of rotatable bonds is 14. The minimum absolute atomic E-state index is 0.0849. The van der Waals surface area contributed by atoms with E-state index in [0.29, 0.717) is 39.6 Å². The fourth-order valence-electron chi connectivity index (χ4n) is 1.68. The van der Waals surface area contributed by atoms with Crippen LogP contribution in [0.2, 0.25) is 0 Å². The van der Waals surface area contributed by atoms with Crippen LogP contribution in [0, 0.1) is 0 Å². The topological polar surface area (TPSA) is 101 Å². The molecule has 0 saturated heterocycles. The van der Waals surface area contributed by atoms with Gasteiger partial charge in [-0.3, -0.25) is 14.5 Å². The molecule has 0 aliphatic carbocycles. The Kier molecular flexibility index (Phi) is 10.6. The lowest BCUT2D eigenvalue weighted by atomic mass is 10.5. The molecule has 0 fully saturated rings. The second-order valence-corrected chi connectivity index (χ2v) is 4.63. The molecule has 0 radical (unpaired) electrons. The van der Waals surface area contributed by atoms with E-state index in [-0.39, 0.29) is 31.6 Å². The van der Waals surface area contributed by atoms with Gasteiger partial charge in [0.15, 0.2) is 0 Å². The zero-order valence-electron chi connectivity index (χ0n) is 13.7. The van der Waals surface area contributed by atoms with Crippen LogP contribution in [0.1, 0.15) is 0 Å². The van der Waals surface area contributed by atoms with Gasteiger partial charge in [0.25, 0.3) is 11.8 Å². The third-order valence-electron chi connectivity index (χ3n) is 2.92. The second kappa shape index (κ2) is 12.6. The van der Waals surface area contributed by atoms with E-state index >= 15 is 0 Å².